The maximum absolute atomic E-state index is 10.8. The molecule has 0 radical (unpaired) electrons. The number of fused-ring (bicyclic) bond motifs is 1. The largest absolute Gasteiger partial charge is 0.478 e. The van der Waals surface area contributed by atoms with Gasteiger partial charge in [-0.15, -0.1) is 0 Å². The Balaban J connectivity index is 2.70. The van der Waals surface area contributed by atoms with Gasteiger partial charge in [0.2, 0.25) is 0 Å². The maximum Gasteiger partial charge on any atom is 0.335 e. The molecule has 1 aromatic heterocycles. The highest BCUT2D eigenvalue weighted by Gasteiger charge is 2.10. The number of rotatable bonds is 2. The number of hydrogen-bond acceptors (Lipinski definition) is 2. The quantitative estimate of drug-likeness (QED) is 0.880. The Morgan fingerprint density at radius 1 is 1.60 bits per heavy atom. The Kier molecular flexibility index (Phi) is 2.48. The van der Waals surface area contributed by atoms with Gasteiger partial charge in [-0.05, 0) is 28.1 Å². The van der Waals surface area contributed by atoms with E-state index in [1.54, 1.807) is 12.1 Å². The molecular weight excluding hydrogens is 260 g/mol. The molecule has 0 atom stereocenters. The van der Waals surface area contributed by atoms with Crippen LogP contribution in [0.15, 0.2) is 16.6 Å². The second-order valence-electron chi connectivity index (χ2n) is 3.20. The van der Waals surface area contributed by atoms with Crippen LogP contribution >= 0.6 is 15.9 Å². The van der Waals surface area contributed by atoms with Gasteiger partial charge in [0.05, 0.1) is 11.1 Å². The summed E-state index contributed by atoms with van der Waals surface area (Å²) < 4.78 is 0.702. The van der Waals surface area contributed by atoms with E-state index in [-0.39, 0.29) is 5.56 Å². The minimum absolute atomic E-state index is 0.251. The molecule has 0 fully saturated rings. The van der Waals surface area contributed by atoms with E-state index in [0.29, 0.717) is 4.47 Å². The molecule has 5 heteroatoms. The Labute approximate surface area is 94.5 Å². The lowest BCUT2D eigenvalue weighted by molar-refractivity contribution is 0.0697. The van der Waals surface area contributed by atoms with Gasteiger partial charge in [0.15, 0.2) is 0 Å². The first-order chi connectivity index (χ1) is 7.11. The molecule has 2 rings (SSSR count). The van der Waals surface area contributed by atoms with Crippen molar-refractivity contribution in [3.63, 3.8) is 0 Å². The summed E-state index contributed by atoms with van der Waals surface area (Å²) in [5.74, 6) is -0.0847. The lowest BCUT2D eigenvalue weighted by Crippen LogP contribution is -1.95. The second-order valence-corrected chi connectivity index (χ2v) is 4.05. The maximum atomic E-state index is 10.8. The number of aromatic amines is 1. The Hall–Kier alpha value is -1.36. The number of H-pyrrole nitrogens is 1. The lowest BCUT2D eigenvalue weighted by Gasteiger charge is -1.96. The number of halogens is 1. The highest BCUT2D eigenvalue weighted by atomic mass is 79.9. The van der Waals surface area contributed by atoms with Crippen LogP contribution < -0.4 is 0 Å². The zero-order chi connectivity index (χ0) is 11.0. The zero-order valence-corrected chi connectivity index (χ0v) is 9.63. The third-order valence-corrected chi connectivity index (χ3v) is 2.78. The second kappa shape index (κ2) is 3.66. The predicted molar refractivity (Wildman–Crippen MR) is 60.1 cm³/mol. The van der Waals surface area contributed by atoms with Crippen LogP contribution in [-0.4, -0.2) is 21.0 Å². The summed E-state index contributed by atoms with van der Waals surface area (Å²) in [6, 6.07) is 3.15. The van der Waals surface area contributed by atoms with Crippen molar-refractivity contribution in [2.75, 3.05) is 0 Å². The lowest BCUT2D eigenvalue weighted by atomic mass is 10.2. The summed E-state index contributed by atoms with van der Waals surface area (Å²) in [6.45, 7) is 1.99. The van der Waals surface area contributed by atoms with Crippen LogP contribution in [0.25, 0.3) is 11.0 Å². The number of nitrogens with zero attached hydrogens (tertiary/aromatic N) is 1. The molecule has 0 aliphatic heterocycles. The average Bonchev–Trinajstić information content (AvgIpc) is 2.61. The van der Waals surface area contributed by atoms with E-state index in [0.717, 1.165) is 23.3 Å². The van der Waals surface area contributed by atoms with Crippen molar-refractivity contribution >= 4 is 32.9 Å². The summed E-state index contributed by atoms with van der Waals surface area (Å²) in [6.07, 6.45) is 0.795. The summed E-state index contributed by atoms with van der Waals surface area (Å²) in [4.78, 5) is 18.2. The number of imidazole rings is 1. The number of carboxylic acids is 1. The monoisotopic (exact) mass is 268 g/mol. The van der Waals surface area contributed by atoms with Crippen molar-refractivity contribution in [1.29, 1.82) is 0 Å². The molecule has 2 aromatic rings. The van der Waals surface area contributed by atoms with Crippen LogP contribution in [-0.2, 0) is 6.42 Å². The molecule has 1 aromatic carbocycles. The summed E-state index contributed by atoms with van der Waals surface area (Å²) in [7, 11) is 0. The van der Waals surface area contributed by atoms with Crippen LogP contribution in [0.3, 0.4) is 0 Å². The number of aryl methyl sites for hydroxylation is 1. The van der Waals surface area contributed by atoms with Crippen molar-refractivity contribution in [3.05, 3.63) is 28.0 Å². The minimum atomic E-state index is -0.940. The van der Waals surface area contributed by atoms with E-state index in [9.17, 15) is 4.79 Å². The molecule has 78 valence electrons. The Morgan fingerprint density at radius 2 is 2.33 bits per heavy atom. The van der Waals surface area contributed by atoms with Crippen LogP contribution in [0.1, 0.15) is 23.1 Å². The molecular formula is C10H9BrN2O2. The molecule has 4 nitrogen and oxygen atoms in total. The molecule has 0 saturated carbocycles. The molecule has 1 heterocycles. The SMILES string of the molecule is CCc1nc2c(Br)cc(C(=O)O)cc2[nH]1. The third-order valence-electron chi connectivity index (χ3n) is 2.17. The first kappa shape index (κ1) is 10.2. The molecule has 0 amide bonds. The molecule has 0 unspecified atom stereocenters. The van der Waals surface area contributed by atoms with Gasteiger partial charge in [0, 0.05) is 10.9 Å². The number of benzene rings is 1. The van der Waals surface area contributed by atoms with E-state index in [2.05, 4.69) is 25.9 Å². The Bertz CT molecular complexity index is 533. The smallest absolute Gasteiger partial charge is 0.335 e. The first-order valence-electron chi connectivity index (χ1n) is 4.53. The fraction of sp³-hybridized carbons (Fsp3) is 0.200. The zero-order valence-electron chi connectivity index (χ0n) is 8.04. The van der Waals surface area contributed by atoms with Crippen LogP contribution in [0.4, 0.5) is 0 Å². The van der Waals surface area contributed by atoms with Crippen LogP contribution in [0.2, 0.25) is 0 Å². The number of aromatic carboxylic acids is 1. The van der Waals surface area contributed by atoms with Gasteiger partial charge in [-0.1, -0.05) is 6.92 Å². The van der Waals surface area contributed by atoms with Gasteiger partial charge in [-0.25, -0.2) is 9.78 Å². The van der Waals surface area contributed by atoms with Gasteiger partial charge in [0.1, 0.15) is 11.3 Å². The molecule has 2 N–H and O–H groups in total. The molecule has 0 aliphatic rings. The number of nitrogens with one attached hydrogen (secondary N) is 1. The van der Waals surface area contributed by atoms with Gasteiger partial charge in [-0.2, -0.15) is 0 Å². The number of hydrogen-bond donors (Lipinski definition) is 2. The van der Waals surface area contributed by atoms with Crippen molar-refractivity contribution < 1.29 is 9.90 Å². The highest BCUT2D eigenvalue weighted by Crippen LogP contribution is 2.24. The van der Waals surface area contributed by atoms with Gasteiger partial charge >= 0.3 is 5.97 Å². The molecule has 0 aliphatic carbocycles. The normalized spacial score (nSPS) is 10.8. The average molecular weight is 269 g/mol. The molecule has 0 saturated heterocycles. The van der Waals surface area contributed by atoms with Crippen molar-refractivity contribution in [1.82, 2.24) is 9.97 Å². The standard InChI is InChI=1S/C10H9BrN2O2/c1-2-8-12-7-4-5(10(14)15)3-6(11)9(7)13-8/h3-4H,2H2,1H3,(H,12,13)(H,14,15). The van der Waals surface area contributed by atoms with Crippen molar-refractivity contribution in [2.45, 2.75) is 13.3 Å². The summed E-state index contributed by atoms with van der Waals surface area (Å²) >= 11 is 3.31. The molecule has 0 spiro atoms. The van der Waals surface area contributed by atoms with E-state index >= 15 is 0 Å². The number of carboxylic acid groups (broad SMARTS) is 1. The van der Waals surface area contributed by atoms with Crippen molar-refractivity contribution in [3.8, 4) is 0 Å². The highest BCUT2D eigenvalue weighted by molar-refractivity contribution is 9.10. The van der Waals surface area contributed by atoms with E-state index in [1.807, 2.05) is 6.92 Å². The van der Waals surface area contributed by atoms with Crippen LogP contribution in [0.5, 0.6) is 0 Å². The topological polar surface area (TPSA) is 66.0 Å². The summed E-state index contributed by atoms with van der Waals surface area (Å²) in [5.41, 5.74) is 1.77. The van der Waals surface area contributed by atoms with Crippen LogP contribution in [0, 0.1) is 0 Å². The molecule has 0 bridgehead atoms. The fourth-order valence-corrected chi connectivity index (χ4v) is 1.97. The summed E-state index contributed by atoms with van der Waals surface area (Å²) in [5, 5.41) is 8.88. The van der Waals surface area contributed by atoms with E-state index in [4.69, 9.17) is 5.11 Å². The van der Waals surface area contributed by atoms with E-state index < -0.39 is 5.97 Å². The van der Waals surface area contributed by atoms with Gasteiger partial charge in [0.25, 0.3) is 0 Å². The fourth-order valence-electron chi connectivity index (χ4n) is 1.42. The first-order valence-corrected chi connectivity index (χ1v) is 5.32. The predicted octanol–water partition coefficient (Wildman–Crippen LogP) is 2.59. The van der Waals surface area contributed by atoms with E-state index in [1.165, 1.54) is 0 Å². The van der Waals surface area contributed by atoms with Gasteiger partial charge < -0.3 is 10.1 Å². The number of carbonyl (C=O) groups is 1. The van der Waals surface area contributed by atoms with Gasteiger partial charge in [-0.3, -0.25) is 0 Å². The molecule has 15 heavy (non-hydrogen) atoms. The third kappa shape index (κ3) is 1.74. The number of aromatic nitrogens is 2. The Morgan fingerprint density at radius 3 is 2.93 bits per heavy atom. The minimum Gasteiger partial charge on any atom is -0.478 e. The van der Waals surface area contributed by atoms with Crippen molar-refractivity contribution in [2.24, 2.45) is 0 Å².